The summed E-state index contributed by atoms with van der Waals surface area (Å²) in [6, 6.07) is 3.07. The van der Waals surface area contributed by atoms with Crippen molar-refractivity contribution in [1.82, 2.24) is 34.1 Å². The second kappa shape index (κ2) is 12.1. The van der Waals surface area contributed by atoms with Gasteiger partial charge in [0.25, 0.3) is 11.1 Å². The van der Waals surface area contributed by atoms with Crippen molar-refractivity contribution in [2.45, 2.75) is 50.5 Å². The third-order valence-corrected chi connectivity index (χ3v) is 8.88. The van der Waals surface area contributed by atoms with Crippen LogP contribution in [0.3, 0.4) is 0 Å². The first-order valence-corrected chi connectivity index (χ1v) is 16.5. The first-order valence-electron chi connectivity index (χ1n) is 13.5. The molecule has 2 saturated heterocycles. The zero-order chi connectivity index (χ0) is 32.1. The van der Waals surface area contributed by atoms with Gasteiger partial charge in [-0.1, -0.05) is 6.92 Å². The third-order valence-electron chi connectivity index (χ3n) is 7.41. The van der Waals surface area contributed by atoms with Crippen molar-refractivity contribution >= 4 is 43.8 Å². The molecule has 7 atom stereocenters. The molecule has 0 aliphatic carbocycles. The van der Waals surface area contributed by atoms with Gasteiger partial charge in [-0.05, 0) is 25.0 Å². The highest BCUT2D eigenvalue weighted by Gasteiger charge is 2.48. The molecule has 6 rings (SSSR count). The molecule has 0 saturated carbocycles. The number of nitrogens with one attached hydrogen (secondary N) is 1. The minimum atomic E-state index is -4.97. The van der Waals surface area contributed by atoms with Gasteiger partial charge in [0, 0.05) is 12.1 Å². The predicted octanol–water partition coefficient (Wildman–Crippen LogP) is 0.329. The summed E-state index contributed by atoms with van der Waals surface area (Å²) >= 11 is 0. The fraction of sp³-hybridized carbons (Fsp3) is 0.478. The molecule has 22 heteroatoms. The highest BCUT2D eigenvalue weighted by atomic mass is 31.2. The predicted molar refractivity (Wildman–Crippen MR) is 151 cm³/mol. The van der Waals surface area contributed by atoms with Gasteiger partial charge in [0.1, 0.15) is 31.0 Å². The van der Waals surface area contributed by atoms with Crippen LogP contribution < -0.4 is 16.9 Å². The number of phosphoric acid groups is 2. The molecule has 0 aromatic carbocycles. The van der Waals surface area contributed by atoms with Crippen molar-refractivity contribution in [3.8, 4) is 0 Å². The molecule has 4 aromatic heterocycles. The molecule has 6 heterocycles. The van der Waals surface area contributed by atoms with Crippen molar-refractivity contribution in [3.05, 3.63) is 51.7 Å². The second-order valence-electron chi connectivity index (χ2n) is 10.4. The quantitative estimate of drug-likeness (QED) is 0.142. The number of nitrogen functional groups attached to an aromatic ring is 1. The van der Waals surface area contributed by atoms with Crippen molar-refractivity contribution in [2.24, 2.45) is 5.92 Å². The van der Waals surface area contributed by atoms with Gasteiger partial charge >= 0.3 is 15.6 Å². The van der Waals surface area contributed by atoms with Crippen molar-refractivity contribution in [1.29, 1.82) is 0 Å². The summed E-state index contributed by atoms with van der Waals surface area (Å²) in [4.78, 5) is 73.1. The van der Waals surface area contributed by atoms with E-state index in [1.165, 1.54) is 29.5 Å². The number of anilines is 1. The molecule has 0 amide bonds. The van der Waals surface area contributed by atoms with Crippen LogP contribution in [0.25, 0.3) is 22.2 Å². The van der Waals surface area contributed by atoms with E-state index in [0.717, 1.165) is 4.57 Å². The van der Waals surface area contributed by atoms with E-state index in [0.29, 0.717) is 12.8 Å². The number of fused-ring (bicyclic) bond motifs is 2. The molecule has 242 valence electrons. The molecule has 2 unspecified atom stereocenters. The standard InChI is InChI=1S/C23H28N8O12P2/c1-11-17(14(8-39-44(34,35)36)42-22(11)31-10-27-18-13(21(31)33)3-2-6-25-18)43-45(37,38)40-7-12-4-5-15(41-12)30-9-26-16-19(30)28-23(24)29-20(16)32/h2-3,6,9-12,14-15,17,22H,4-5,7-8H2,1H3,(H,37,38)(H2,34,35,36)(H3,24,28,29,32)/t11?,12-,14+,15+,17-,22+/m0/s1. The van der Waals surface area contributed by atoms with Gasteiger partial charge < -0.3 is 29.9 Å². The number of imidazole rings is 1. The van der Waals surface area contributed by atoms with E-state index in [1.807, 2.05) is 0 Å². The van der Waals surface area contributed by atoms with Crippen LogP contribution in [0.5, 0.6) is 0 Å². The summed E-state index contributed by atoms with van der Waals surface area (Å²) in [5.74, 6) is -0.932. The highest BCUT2D eigenvalue weighted by Crippen LogP contribution is 2.51. The Balaban J connectivity index is 1.15. The maximum atomic E-state index is 13.2. The highest BCUT2D eigenvalue weighted by molar-refractivity contribution is 7.47. The Kier molecular flexibility index (Phi) is 8.46. The second-order valence-corrected chi connectivity index (χ2v) is 13.1. The number of H-pyrrole nitrogens is 1. The molecule has 45 heavy (non-hydrogen) atoms. The summed E-state index contributed by atoms with van der Waals surface area (Å²) in [5.41, 5.74) is 5.10. The fourth-order valence-corrected chi connectivity index (χ4v) is 6.75. The summed E-state index contributed by atoms with van der Waals surface area (Å²) in [6.07, 6.45) is -0.142. The normalized spacial score (nSPS) is 26.9. The van der Waals surface area contributed by atoms with Crippen LogP contribution in [0.1, 0.15) is 32.2 Å². The Morgan fingerprint density at radius 2 is 1.84 bits per heavy atom. The first kappa shape index (κ1) is 31.6. The Bertz CT molecular complexity index is 1940. The molecule has 4 aromatic rings. The molecular weight excluding hydrogens is 642 g/mol. The third kappa shape index (κ3) is 6.61. The summed E-state index contributed by atoms with van der Waals surface area (Å²) < 4.78 is 54.3. The number of nitrogens with zero attached hydrogens (tertiary/aromatic N) is 6. The average Bonchev–Trinajstić information content (AvgIpc) is 3.69. The number of hydrogen-bond donors (Lipinski definition) is 5. The van der Waals surface area contributed by atoms with E-state index in [-0.39, 0.29) is 34.8 Å². The van der Waals surface area contributed by atoms with Crippen LogP contribution in [0.15, 0.2) is 40.6 Å². The number of aromatic amines is 1. The number of rotatable bonds is 10. The summed E-state index contributed by atoms with van der Waals surface area (Å²) in [6.45, 7) is 0.447. The van der Waals surface area contributed by atoms with Gasteiger partial charge in [0.2, 0.25) is 5.95 Å². The molecular formula is C23H28N8O12P2. The fourth-order valence-electron chi connectivity index (χ4n) is 5.35. The number of ether oxygens (including phenoxy) is 2. The van der Waals surface area contributed by atoms with Crippen LogP contribution in [0.4, 0.5) is 5.95 Å². The number of phosphoric ester groups is 2. The first-order chi connectivity index (χ1) is 21.3. The van der Waals surface area contributed by atoms with Gasteiger partial charge in [-0.15, -0.1) is 0 Å². The van der Waals surface area contributed by atoms with Gasteiger partial charge in [-0.25, -0.2) is 24.1 Å². The van der Waals surface area contributed by atoms with Gasteiger partial charge in [0.05, 0.1) is 31.0 Å². The number of nitrogens with two attached hydrogens (primary N) is 1. The smallest absolute Gasteiger partial charge is 0.369 e. The van der Waals surface area contributed by atoms with E-state index >= 15 is 0 Å². The zero-order valence-corrected chi connectivity index (χ0v) is 25.1. The van der Waals surface area contributed by atoms with Gasteiger partial charge in [-0.2, -0.15) is 4.98 Å². The lowest BCUT2D eigenvalue weighted by Crippen LogP contribution is -2.32. The number of pyridine rings is 1. The van der Waals surface area contributed by atoms with E-state index in [2.05, 4.69) is 29.4 Å². The van der Waals surface area contributed by atoms with E-state index < -0.39 is 70.1 Å². The lowest BCUT2D eigenvalue weighted by Gasteiger charge is -2.24. The van der Waals surface area contributed by atoms with E-state index in [1.54, 1.807) is 13.0 Å². The minimum Gasteiger partial charge on any atom is -0.369 e. The molecule has 0 radical (unpaired) electrons. The van der Waals surface area contributed by atoms with Crippen LogP contribution in [-0.4, -0.2) is 80.3 Å². The van der Waals surface area contributed by atoms with Crippen molar-refractivity contribution in [2.75, 3.05) is 18.9 Å². The molecule has 0 spiro atoms. The Labute approximate surface area is 252 Å². The molecule has 0 bridgehead atoms. The molecule has 2 fully saturated rings. The minimum absolute atomic E-state index is 0.0719. The van der Waals surface area contributed by atoms with Crippen LogP contribution >= 0.6 is 15.6 Å². The Morgan fingerprint density at radius 1 is 1.07 bits per heavy atom. The lowest BCUT2D eigenvalue weighted by molar-refractivity contribution is -0.0501. The summed E-state index contributed by atoms with van der Waals surface area (Å²) in [5, 5.41) is 0.184. The van der Waals surface area contributed by atoms with Gasteiger partial charge in [-0.3, -0.25) is 37.3 Å². The number of aromatic nitrogens is 7. The maximum absolute atomic E-state index is 13.2. The topological polar surface area (TPSA) is 278 Å². The van der Waals surface area contributed by atoms with E-state index in [4.69, 9.17) is 24.3 Å². The van der Waals surface area contributed by atoms with Crippen LogP contribution in [-0.2, 0) is 32.2 Å². The van der Waals surface area contributed by atoms with E-state index in [9.17, 15) is 33.4 Å². The summed E-state index contributed by atoms with van der Waals surface area (Å²) in [7, 11) is -9.82. The molecule has 6 N–H and O–H groups in total. The largest absolute Gasteiger partial charge is 0.472 e. The lowest BCUT2D eigenvalue weighted by atomic mass is 10.0. The van der Waals surface area contributed by atoms with Gasteiger partial charge in [0.15, 0.2) is 16.8 Å². The van der Waals surface area contributed by atoms with Crippen molar-refractivity contribution < 1.29 is 46.9 Å². The van der Waals surface area contributed by atoms with Crippen molar-refractivity contribution in [3.63, 3.8) is 0 Å². The zero-order valence-electron chi connectivity index (χ0n) is 23.4. The van der Waals surface area contributed by atoms with Crippen LogP contribution in [0, 0.1) is 5.92 Å². The monoisotopic (exact) mass is 670 g/mol. The molecule has 2 aliphatic heterocycles. The van der Waals surface area contributed by atoms with Crippen LogP contribution in [0.2, 0.25) is 0 Å². The molecule has 2 aliphatic rings. The number of hydrogen-bond acceptors (Lipinski definition) is 14. The SMILES string of the molecule is CC1[C@H](n2cnc3ncccc3c2=O)O[C@H](COP(=O)(O)O)[C@H]1OP(=O)(O)OC[C@@H]1CC[C@H](n2cnc3c(=O)[nH]c(N)nc32)O1. The average molecular weight is 670 g/mol. The Morgan fingerprint density at radius 3 is 2.62 bits per heavy atom. The maximum Gasteiger partial charge on any atom is 0.472 e. The Hall–Kier alpha value is -3.42. The molecule has 20 nitrogen and oxygen atoms in total.